The van der Waals surface area contributed by atoms with E-state index in [0.29, 0.717) is 4.90 Å². The van der Waals surface area contributed by atoms with Crippen molar-refractivity contribution in [2.75, 3.05) is 24.2 Å². The Morgan fingerprint density at radius 2 is 1.75 bits per heavy atom. The summed E-state index contributed by atoms with van der Waals surface area (Å²) in [4.78, 5) is 6.74. The van der Waals surface area contributed by atoms with E-state index in [-0.39, 0.29) is 0 Å². The molecular weight excluding hydrogens is 272 g/mol. The molecule has 116 valence electrons. The predicted octanol–water partition coefficient (Wildman–Crippen LogP) is 3.31. The fraction of sp³-hybridized carbons (Fsp3) is 0.667. The van der Waals surface area contributed by atoms with E-state index in [9.17, 15) is 8.42 Å². The summed E-state index contributed by atoms with van der Waals surface area (Å²) < 4.78 is 22.9. The molecule has 2 heterocycles. The van der Waals surface area contributed by atoms with E-state index in [2.05, 4.69) is 9.88 Å². The van der Waals surface area contributed by atoms with E-state index >= 15 is 0 Å². The summed E-state index contributed by atoms with van der Waals surface area (Å²) in [5.41, 5.74) is 1.96. The van der Waals surface area contributed by atoms with Crippen LogP contribution in [0.1, 0.15) is 46.7 Å². The Morgan fingerprint density at radius 1 is 1.20 bits per heavy atom. The molecule has 1 aromatic rings. The third-order valence-corrected chi connectivity index (χ3v) is 3.96. The summed E-state index contributed by atoms with van der Waals surface area (Å²) in [5.74, 6) is 0. The van der Waals surface area contributed by atoms with Crippen LogP contribution in [0.5, 0.6) is 0 Å². The third kappa shape index (κ3) is 4.78. The fourth-order valence-electron chi connectivity index (χ4n) is 1.77. The molecule has 0 saturated carbocycles. The lowest BCUT2D eigenvalue weighted by Crippen LogP contribution is -2.37. The Balaban J connectivity index is 0.000000829. The van der Waals surface area contributed by atoms with E-state index < -0.39 is 9.84 Å². The maximum atomic E-state index is 11.5. The fourth-order valence-corrected chi connectivity index (χ4v) is 2.34. The van der Waals surface area contributed by atoms with E-state index in [0.717, 1.165) is 30.9 Å². The highest BCUT2D eigenvalue weighted by Gasteiger charge is 2.20. The van der Waals surface area contributed by atoms with Crippen molar-refractivity contribution in [3.63, 3.8) is 0 Å². The number of anilines is 1. The van der Waals surface area contributed by atoms with Crippen molar-refractivity contribution >= 4 is 15.5 Å². The van der Waals surface area contributed by atoms with Crippen LogP contribution in [0.4, 0.5) is 5.69 Å². The first kappa shape index (κ1) is 18.9. The van der Waals surface area contributed by atoms with Crippen molar-refractivity contribution in [1.82, 2.24) is 4.98 Å². The lowest BCUT2D eigenvalue weighted by molar-refractivity contribution is 0.598. The maximum absolute atomic E-state index is 11.5. The summed E-state index contributed by atoms with van der Waals surface area (Å²) >= 11 is 0. The van der Waals surface area contributed by atoms with Crippen molar-refractivity contribution in [2.45, 2.75) is 52.4 Å². The van der Waals surface area contributed by atoms with Crippen molar-refractivity contribution in [3.8, 4) is 0 Å². The molecule has 0 bridgehead atoms. The minimum atomic E-state index is -3.16. The molecule has 0 unspecified atom stereocenters. The topological polar surface area (TPSA) is 50.3 Å². The normalized spacial score (nSPS) is 13.4. The minimum Gasteiger partial charge on any atom is -0.370 e. The maximum Gasteiger partial charge on any atom is 0.177 e. The molecule has 20 heavy (non-hydrogen) atoms. The van der Waals surface area contributed by atoms with E-state index in [1.807, 2.05) is 34.6 Å². The van der Waals surface area contributed by atoms with Crippen LogP contribution in [-0.4, -0.2) is 32.7 Å². The number of nitrogens with zero attached hydrogens (tertiary/aromatic N) is 2. The SMILES string of the molecule is CC.CC.CCc1ncc(S(C)(=O)=O)cc1N1CCC1. The molecule has 0 spiro atoms. The molecular formula is C15H28N2O2S. The molecule has 0 radical (unpaired) electrons. The monoisotopic (exact) mass is 300 g/mol. The van der Waals surface area contributed by atoms with Gasteiger partial charge in [0.2, 0.25) is 0 Å². The van der Waals surface area contributed by atoms with Crippen LogP contribution in [-0.2, 0) is 16.3 Å². The van der Waals surface area contributed by atoms with Gasteiger partial charge in [0.05, 0.1) is 16.3 Å². The zero-order valence-corrected chi connectivity index (χ0v) is 14.4. The summed E-state index contributed by atoms with van der Waals surface area (Å²) in [6.45, 7) is 12.0. The molecule has 4 nitrogen and oxygen atoms in total. The van der Waals surface area contributed by atoms with Gasteiger partial charge in [-0.1, -0.05) is 34.6 Å². The van der Waals surface area contributed by atoms with Gasteiger partial charge in [0, 0.05) is 25.5 Å². The van der Waals surface area contributed by atoms with Crippen LogP contribution in [0.25, 0.3) is 0 Å². The van der Waals surface area contributed by atoms with Crippen LogP contribution in [0.3, 0.4) is 0 Å². The summed E-state index contributed by atoms with van der Waals surface area (Å²) in [6, 6.07) is 1.75. The Hall–Kier alpha value is -1.10. The Kier molecular flexibility index (Phi) is 8.46. The molecule has 1 fully saturated rings. The van der Waals surface area contributed by atoms with Gasteiger partial charge in [0.25, 0.3) is 0 Å². The van der Waals surface area contributed by atoms with Crippen LogP contribution in [0, 0.1) is 0 Å². The van der Waals surface area contributed by atoms with E-state index in [1.165, 1.54) is 18.9 Å². The molecule has 0 atom stereocenters. The van der Waals surface area contributed by atoms with Gasteiger partial charge >= 0.3 is 0 Å². The number of hydrogen-bond donors (Lipinski definition) is 0. The van der Waals surface area contributed by atoms with Crippen molar-refractivity contribution in [3.05, 3.63) is 18.0 Å². The van der Waals surface area contributed by atoms with Crippen molar-refractivity contribution in [2.24, 2.45) is 0 Å². The van der Waals surface area contributed by atoms with Gasteiger partial charge in [-0.05, 0) is 18.9 Å². The molecule has 0 N–H and O–H groups in total. The number of rotatable bonds is 3. The van der Waals surface area contributed by atoms with Crippen LogP contribution in [0.2, 0.25) is 0 Å². The number of aromatic nitrogens is 1. The van der Waals surface area contributed by atoms with Gasteiger partial charge in [-0.25, -0.2) is 8.42 Å². The average Bonchev–Trinajstić information content (AvgIpc) is 2.40. The number of hydrogen-bond acceptors (Lipinski definition) is 4. The molecule has 1 aliphatic rings. The van der Waals surface area contributed by atoms with Crippen molar-refractivity contribution < 1.29 is 8.42 Å². The Bertz CT molecular complexity index is 495. The molecule has 1 saturated heterocycles. The molecule has 0 aliphatic carbocycles. The summed E-state index contributed by atoms with van der Waals surface area (Å²) in [5, 5.41) is 0. The Labute approximate surface area is 124 Å². The average molecular weight is 300 g/mol. The van der Waals surface area contributed by atoms with Crippen LogP contribution < -0.4 is 4.90 Å². The van der Waals surface area contributed by atoms with Gasteiger partial charge < -0.3 is 4.90 Å². The summed E-state index contributed by atoms with van der Waals surface area (Å²) in [6.07, 6.45) is 4.68. The number of aryl methyl sites for hydroxylation is 1. The molecule has 1 aromatic heterocycles. The van der Waals surface area contributed by atoms with Crippen LogP contribution >= 0.6 is 0 Å². The highest BCUT2D eigenvalue weighted by atomic mass is 32.2. The zero-order valence-electron chi connectivity index (χ0n) is 13.6. The molecule has 0 aromatic carbocycles. The first-order chi connectivity index (χ1) is 9.52. The largest absolute Gasteiger partial charge is 0.370 e. The minimum absolute atomic E-state index is 0.312. The van der Waals surface area contributed by atoms with Gasteiger partial charge in [-0.3, -0.25) is 4.98 Å². The number of pyridine rings is 1. The zero-order chi connectivity index (χ0) is 15.8. The van der Waals surface area contributed by atoms with Gasteiger partial charge in [-0.15, -0.1) is 0 Å². The van der Waals surface area contributed by atoms with Crippen molar-refractivity contribution in [1.29, 1.82) is 0 Å². The second-order valence-corrected chi connectivity index (χ2v) is 6.12. The second kappa shape index (κ2) is 8.95. The molecule has 5 heteroatoms. The smallest absolute Gasteiger partial charge is 0.177 e. The molecule has 0 amide bonds. The lowest BCUT2D eigenvalue weighted by Gasteiger charge is -2.34. The lowest BCUT2D eigenvalue weighted by atomic mass is 10.1. The quantitative estimate of drug-likeness (QED) is 0.859. The standard InChI is InChI=1S/C11H16N2O2S.2C2H6/c1-3-10-11(13-5-4-6-13)7-9(8-12-10)16(2,14)15;2*1-2/h7-8H,3-6H2,1-2H3;2*1-2H3. The third-order valence-electron chi connectivity index (χ3n) is 2.88. The predicted molar refractivity (Wildman–Crippen MR) is 86.3 cm³/mol. The highest BCUT2D eigenvalue weighted by molar-refractivity contribution is 7.90. The summed E-state index contributed by atoms with van der Waals surface area (Å²) in [7, 11) is -3.16. The van der Waals surface area contributed by atoms with Gasteiger partial charge in [-0.2, -0.15) is 0 Å². The highest BCUT2D eigenvalue weighted by Crippen LogP contribution is 2.26. The van der Waals surface area contributed by atoms with E-state index in [1.54, 1.807) is 6.07 Å². The first-order valence-electron chi connectivity index (χ1n) is 7.46. The number of sulfone groups is 1. The molecule has 2 rings (SSSR count). The molecule has 1 aliphatic heterocycles. The van der Waals surface area contributed by atoms with Gasteiger partial charge in [0.1, 0.15) is 0 Å². The van der Waals surface area contributed by atoms with E-state index in [4.69, 9.17) is 0 Å². The Morgan fingerprint density at radius 3 is 2.10 bits per heavy atom. The first-order valence-corrected chi connectivity index (χ1v) is 9.35. The second-order valence-electron chi connectivity index (χ2n) is 4.10. The van der Waals surface area contributed by atoms with Crippen LogP contribution in [0.15, 0.2) is 17.2 Å². The van der Waals surface area contributed by atoms with Gasteiger partial charge in [0.15, 0.2) is 9.84 Å².